The predicted octanol–water partition coefficient (Wildman–Crippen LogP) is 3.78. The van der Waals surface area contributed by atoms with E-state index in [1.54, 1.807) is 18.2 Å². The molecular weight excluding hydrogens is 399 g/mol. The number of benzene rings is 1. The van der Waals surface area contributed by atoms with Crippen molar-refractivity contribution in [3.63, 3.8) is 0 Å². The van der Waals surface area contributed by atoms with Gasteiger partial charge in [-0.2, -0.15) is 0 Å². The van der Waals surface area contributed by atoms with Gasteiger partial charge in [-0.15, -0.1) is 0 Å². The molecule has 1 aliphatic heterocycles. The molecule has 3 N–H and O–H groups in total. The molecule has 3 aromatic rings. The fraction of sp³-hybridized carbons (Fsp3) is 0.316. The summed E-state index contributed by atoms with van der Waals surface area (Å²) < 4.78 is 0. The van der Waals surface area contributed by atoms with Gasteiger partial charge in [-0.05, 0) is 37.1 Å². The number of aromatic nitrogens is 3. The number of hydrogen-bond donors (Lipinski definition) is 3. The summed E-state index contributed by atoms with van der Waals surface area (Å²) in [6.45, 7) is 1.57. The number of amides is 1. The van der Waals surface area contributed by atoms with Crippen LogP contribution in [0.2, 0.25) is 10.0 Å². The fourth-order valence-corrected chi connectivity index (χ4v) is 3.97. The van der Waals surface area contributed by atoms with Crippen LogP contribution in [0.4, 0.5) is 11.5 Å². The molecule has 1 fully saturated rings. The molecule has 0 saturated carbocycles. The average Bonchev–Trinajstić information content (AvgIpc) is 3.15. The molecule has 0 spiro atoms. The van der Waals surface area contributed by atoms with Crippen molar-refractivity contribution in [2.24, 2.45) is 0 Å². The Hall–Kier alpha value is -2.51. The monoisotopic (exact) mass is 418 g/mol. The lowest BCUT2D eigenvalue weighted by atomic mass is 10.1. The van der Waals surface area contributed by atoms with Crippen molar-refractivity contribution in [2.75, 3.05) is 30.3 Å². The van der Waals surface area contributed by atoms with Crippen LogP contribution in [-0.2, 0) is 4.79 Å². The van der Waals surface area contributed by atoms with Crippen LogP contribution in [0.25, 0.3) is 11.0 Å². The summed E-state index contributed by atoms with van der Waals surface area (Å²) in [5, 5.41) is 8.58. The Morgan fingerprint density at radius 2 is 2.07 bits per heavy atom. The standard InChI is InChI=1S/C19H20Cl2N6O/c20-12-6-13(21)8-15(7-12)23-9-17(28)27-5-1-2-14(10-27)26-19-16-3-4-22-18(16)24-11-25-19/h3-4,6-8,11,14,23H,1-2,5,9-10H2,(H2,22,24,25,26)/t14-/m0/s1. The zero-order valence-electron chi connectivity index (χ0n) is 15.1. The summed E-state index contributed by atoms with van der Waals surface area (Å²) in [6, 6.07) is 7.25. The second kappa shape index (κ2) is 8.24. The summed E-state index contributed by atoms with van der Waals surface area (Å²) in [5.41, 5.74) is 1.53. The number of likely N-dealkylation sites (tertiary alicyclic amines) is 1. The first kappa shape index (κ1) is 18.8. The summed E-state index contributed by atoms with van der Waals surface area (Å²) >= 11 is 12.0. The van der Waals surface area contributed by atoms with Gasteiger partial charge in [0.25, 0.3) is 0 Å². The second-order valence-electron chi connectivity index (χ2n) is 6.80. The third kappa shape index (κ3) is 4.31. The number of anilines is 2. The van der Waals surface area contributed by atoms with Crippen molar-refractivity contribution in [2.45, 2.75) is 18.9 Å². The van der Waals surface area contributed by atoms with Crippen LogP contribution >= 0.6 is 23.2 Å². The number of hydrogen-bond acceptors (Lipinski definition) is 5. The maximum Gasteiger partial charge on any atom is 0.241 e. The average molecular weight is 419 g/mol. The van der Waals surface area contributed by atoms with E-state index in [9.17, 15) is 4.79 Å². The van der Waals surface area contributed by atoms with Gasteiger partial charge in [0.1, 0.15) is 17.8 Å². The predicted molar refractivity (Wildman–Crippen MR) is 112 cm³/mol. The molecule has 4 rings (SSSR count). The zero-order valence-corrected chi connectivity index (χ0v) is 16.6. The molecule has 28 heavy (non-hydrogen) atoms. The van der Waals surface area contributed by atoms with Crippen molar-refractivity contribution in [1.82, 2.24) is 19.9 Å². The number of piperidine rings is 1. The normalized spacial score (nSPS) is 16.9. The highest BCUT2D eigenvalue weighted by Gasteiger charge is 2.24. The molecule has 2 aromatic heterocycles. The number of H-pyrrole nitrogens is 1. The number of carbonyl (C=O) groups is 1. The molecule has 1 amide bonds. The third-order valence-electron chi connectivity index (χ3n) is 4.78. The number of rotatable bonds is 5. The van der Waals surface area contributed by atoms with Crippen LogP contribution in [0.3, 0.4) is 0 Å². The van der Waals surface area contributed by atoms with E-state index in [0.29, 0.717) is 16.6 Å². The first-order valence-electron chi connectivity index (χ1n) is 9.11. The highest BCUT2D eigenvalue weighted by Crippen LogP contribution is 2.23. The Kier molecular flexibility index (Phi) is 5.54. The van der Waals surface area contributed by atoms with Crippen molar-refractivity contribution in [3.8, 4) is 0 Å². The molecule has 0 bridgehead atoms. The number of carbonyl (C=O) groups excluding carboxylic acids is 1. The maximum absolute atomic E-state index is 12.6. The van der Waals surface area contributed by atoms with E-state index in [1.165, 1.54) is 6.33 Å². The Balaban J connectivity index is 1.36. The Morgan fingerprint density at radius 3 is 2.89 bits per heavy atom. The van der Waals surface area contributed by atoms with E-state index in [-0.39, 0.29) is 18.5 Å². The molecule has 9 heteroatoms. The van der Waals surface area contributed by atoms with Crippen LogP contribution in [0.5, 0.6) is 0 Å². The van der Waals surface area contributed by atoms with Crippen molar-refractivity contribution in [3.05, 3.63) is 46.8 Å². The molecule has 146 valence electrons. The highest BCUT2D eigenvalue weighted by atomic mass is 35.5. The molecule has 1 aromatic carbocycles. The van der Waals surface area contributed by atoms with E-state index in [1.807, 2.05) is 17.2 Å². The van der Waals surface area contributed by atoms with E-state index >= 15 is 0 Å². The number of halogens is 2. The summed E-state index contributed by atoms with van der Waals surface area (Å²) in [5.74, 6) is 0.828. The molecule has 1 saturated heterocycles. The van der Waals surface area contributed by atoms with E-state index in [0.717, 1.165) is 41.9 Å². The summed E-state index contributed by atoms with van der Waals surface area (Å²) in [6.07, 6.45) is 5.30. The minimum atomic E-state index is 0.0390. The van der Waals surface area contributed by atoms with Gasteiger partial charge < -0.3 is 20.5 Å². The van der Waals surface area contributed by atoms with Crippen molar-refractivity contribution in [1.29, 1.82) is 0 Å². The number of nitrogens with zero attached hydrogens (tertiary/aromatic N) is 3. The number of nitrogens with one attached hydrogen (secondary N) is 3. The van der Waals surface area contributed by atoms with Crippen LogP contribution in [-0.4, -0.2) is 51.4 Å². The molecule has 0 unspecified atom stereocenters. The summed E-state index contributed by atoms with van der Waals surface area (Å²) in [7, 11) is 0. The largest absolute Gasteiger partial charge is 0.376 e. The SMILES string of the molecule is O=C(CNc1cc(Cl)cc(Cl)c1)N1CCC[C@H](Nc2ncnc3[nH]ccc23)C1. The molecule has 1 atom stereocenters. The van der Waals surface area contributed by atoms with Gasteiger partial charge in [-0.25, -0.2) is 9.97 Å². The molecule has 0 radical (unpaired) electrons. The van der Waals surface area contributed by atoms with Gasteiger partial charge in [0.2, 0.25) is 5.91 Å². The minimum Gasteiger partial charge on any atom is -0.376 e. The molecule has 3 heterocycles. The number of aromatic amines is 1. The quantitative estimate of drug-likeness (QED) is 0.586. The third-order valence-corrected chi connectivity index (χ3v) is 5.21. The maximum atomic E-state index is 12.6. The molecule has 0 aliphatic carbocycles. The van der Waals surface area contributed by atoms with Crippen LogP contribution in [0.15, 0.2) is 36.8 Å². The van der Waals surface area contributed by atoms with E-state index in [2.05, 4.69) is 25.6 Å². The zero-order chi connectivity index (χ0) is 19.5. The van der Waals surface area contributed by atoms with Gasteiger partial charge in [0, 0.05) is 41.1 Å². The van der Waals surface area contributed by atoms with E-state index in [4.69, 9.17) is 23.2 Å². The molecule has 1 aliphatic rings. The van der Waals surface area contributed by atoms with Crippen LogP contribution in [0, 0.1) is 0 Å². The Labute approximate surface area is 172 Å². The minimum absolute atomic E-state index is 0.0390. The van der Waals surface area contributed by atoms with Gasteiger partial charge in [-0.1, -0.05) is 23.2 Å². The molecule has 7 nitrogen and oxygen atoms in total. The smallest absolute Gasteiger partial charge is 0.241 e. The van der Waals surface area contributed by atoms with Gasteiger partial charge in [0.05, 0.1) is 11.9 Å². The molecular formula is C19H20Cl2N6O. The highest BCUT2D eigenvalue weighted by molar-refractivity contribution is 6.35. The second-order valence-corrected chi connectivity index (χ2v) is 7.67. The lowest BCUT2D eigenvalue weighted by Crippen LogP contribution is -2.47. The van der Waals surface area contributed by atoms with Gasteiger partial charge in [0.15, 0.2) is 0 Å². The topological polar surface area (TPSA) is 85.9 Å². The van der Waals surface area contributed by atoms with Gasteiger partial charge in [-0.3, -0.25) is 4.79 Å². The van der Waals surface area contributed by atoms with Crippen LogP contribution in [0.1, 0.15) is 12.8 Å². The van der Waals surface area contributed by atoms with E-state index < -0.39 is 0 Å². The Morgan fingerprint density at radius 1 is 1.25 bits per heavy atom. The van der Waals surface area contributed by atoms with Gasteiger partial charge >= 0.3 is 0 Å². The van der Waals surface area contributed by atoms with Crippen LogP contribution < -0.4 is 10.6 Å². The lowest BCUT2D eigenvalue weighted by Gasteiger charge is -2.33. The Bertz CT molecular complexity index is 971. The first-order valence-corrected chi connectivity index (χ1v) is 9.86. The summed E-state index contributed by atoms with van der Waals surface area (Å²) in [4.78, 5) is 26.2. The lowest BCUT2D eigenvalue weighted by molar-refractivity contribution is -0.130. The first-order chi connectivity index (χ1) is 13.6. The fourth-order valence-electron chi connectivity index (χ4n) is 3.45. The number of fused-ring (bicyclic) bond motifs is 1. The van der Waals surface area contributed by atoms with Crippen molar-refractivity contribution >= 4 is 51.6 Å². The van der Waals surface area contributed by atoms with Crippen molar-refractivity contribution < 1.29 is 4.79 Å².